The van der Waals surface area contributed by atoms with Crippen molar-refractivity contribution in [2.75, 3.05) is 4.72 Å². The fourth-order valence-corrected chi connectivity index (χ4v) is 3.55. The molecule has 0 unspecified atom stereocenters. The Morgan fingerprint density at radius 3 is 2.15 bits per heavy atom. The SMILES string of the molecule is O=S(=O)(Nc1ccc(Br)c(C(F)(F)F)c1)c1ccccc1OC(F)(F)F. The van der Waals surface area contributed by atoms with Gasteiger partial charge in [-0.05, 0) is 30.3 Å². The Balaban J connectivity index is 2.42. The minimum absolute atomic E-state index is 0.325. The Morgan fingerprint density at radius 1 is 0.962 bits per heavy atom. The number of ether oxygens (including phenoxy) is 1. The van der Waals surface area contributed by atoms with E-state index in [1.165, 1.54) is 0 Å². The minimum Gasteiger partial charge on any atom is -0.404 e. The van der Waals surface area contributed by atoms with Crippen LogP contribution < -0.4 is 9.46 Å². The zero-order valence-corrected chi connectivity index (χ0v) is 14.7. The molecule has 0 aromatic heterocycles. The summed E-state index contributed by atoms with van der Waals surface area (Å²) in [6.45, 7) is 0. The molecule has 2 aromatic carbocycles. The van der Waals surface area contributed by atoms with Gasteiger partial charge in [-0.15, -0.1) is 13.2 Å². The van der Waals surface area contributed by atoms with Gasteiger partial charge in [0, 0.05) is 10.2 Å². The van der Waals surface area contributed by atoms with Crippen LogP contribution in [0.5, 0.6) is 5.75 Å². The van der Waals surface area contributed by atoms with E-state index < -0.39 is 44.5 Å². The van der Waals surface area contributed by atoms with Crippen molar-refractivity contribution in [3.63, 3.8) is 0 Å². The first-order valence-corrected chi connectivity index (χ1v) is 8.81. The van der Waals surface area contributed by atoms with Crippen molar-refractivity contribution in [3.05, 3.63) is 52.5 Å². The maximum atomic E-state index is 12.9. The molecule has 0 amide bonds. The summed E-state index contributed by atoms with van der Waals surface area (Å²) in [5.41, 5.74) is -1.64. The van der Waals surface area contributed by atoms with Crippen LogP contribution in [0.3, 0.4) is 0 Å². The average molecular weight is 464 g/mol. The van der Waals surface area contributed by atoms with Crippen LogP contribution in [-0.4, -0.2) is 14.8 Å². The highest BCUT2D eigenvalue weighted by Gasteiger charge is 2.35. The van der Waals surface area contributed by atoms with Crippen molar-refractivity contribution < 1.29 is 39.5 Å². The van der Waals surface area contributed by atoms with Gasteiger partial charge >= 0.3 is 12.5 Å². The van der Waals surface area contributed by atoms with Crippen molar-refractivity contribution >= 4 is 31.6 Å². The summed E-state index contributed by atoms with van der Waals surface area (Å²) < 4.78 is 106. The number of hydrogen-bond donors (Lipinski definition) is 1. The number of alkyl halides is 6. The molecule has 26 heavy (non-hydrogen) atoms. The van der Waals surface area contributed by atoms with Gasteiger partial charge in [-0.25, -0.2) is 8.42 Å². The summed E-state index contributed by atoms with van der Waals surface area (Å²) in [5, 5.41) is 0. The molecule has 4 nitrogen and oxygen atoms in total. The Kier molecular flexibility index (Phi) is 5.47. The van der Waals surface area contributed by atoms with Gasteiger partial charge in [0.15, 0.2) is 0 Å². The van der Waals surface area contributed by atoms with Crippen molar-refractivity contribution in [2.45, 2.75) is 17.4 Å². The molecule has 0 aliphatic carbocycles. The van der Waals surface area contributed by atoms with E-state index in [4.69, 9.17) is 0 Å². The highest BCUT2D eigenvalue weighted by Crippen LogP contribution is 2.37. The molecular weight excluding hydrogens is 456 g/mol. The van der Waals surface area contributed by atoms with E-state index in [-0.39, 0.29) is 4.47 Å². The van der Waals surface area contributed by atoms with E-state index in [1.807, 2.05) is 0 Å². The van der Waals surface area contributed by atoms with Gasteiger partial charge in [0.2, 0.25) is 0 Å². The summed E-state index contributed by atoms with van der Waals surface area (Å²) >= 11 is 2.69. The molecule has 0 atom stereocenters. The normalized spacial score (nSPS) is 12.7. The van der Waals surface area contributed by atoms with E-state index in [0.29, 0.717) is 6.07 Å². The molecular formula is C14H8BrF6NO3S. The van der Waals surface area contributed by atoms with Crippen LogP contribution in [-0.2, 0) is 16.2 Å². The number of benzene rings is 2. The number of hydrogen-bond acceptors (Lipinski definition) is 3. The Labute approximate surface area is 152 Å². The standard InChI is InChI=1S/C14H8BrF6NO3S/c15-10-6-5-8(7-9(10)13(16,17)18)22-26(23,24)12-4-2-1-3-11(12)25-14(19,20)21/h1-7,22H. The van der Waals surface area contributed by atoms with Gasteiger partial charge in [0.1, 0.15) is 10.6 Å². The number of anilines is 1. The molecule has 0 aliphatic heterocycles. The van der Waals surface area contributed by atoms with Gasteiger partial charge in [-0.2, -0.15) is 13.2 Å². The lowest BCUT2D eigenvalue weighted by Crippen LogP contribution is -2.21. The lowest BCUT2D eigenvalue weighted by Gasteiger charge is -2.15. The first kappa shape index (κ1) is 20.4. The van der Waals surface area contributed by atoms with Crippen molar-refractivity contribution in [2.24, 2.45) is 0 Å². The minimum atomic E-state index is -5.15. The Morgan fingerprint density at radius 2 is 1.58 bits per heavy atom. The third-order valence-electron chi connectivity index (χ3n) is 2.89. The fraction of sp³-hybridized carbons (Fsp3) is 0.143. The number of para-hydroxylation sites is 1. The van der Waals surface area contributed by atoms with Gasteiger partial charge in [-0.3, -0.25) is 4.72 Å². The third kappa shape index (κ3) is 5.04. The monoisotopic (exact) mass is 463 g/mol. The lowest BCUT2D eigenvalue weighted by molar-refractivity contribution is -0.275. The van der Waals surface area contributed by atoms with Crippen molar-refractivity contribution in [1.82, 2.24) is 0 Å². The molecule has 0 saturated carbocycles. The molecule has 0 aliphatic rings. The zero-order chi connectivity index (χ0) is 19.8. The smallest absolute Gasteiger partial charge is 0.404 e. The van der Waals surface area contributed by atoms with E-state index in [1.54, 1.807) is 4.72 Å². The second-order valence-corrected chi connectivity index (χ2v) is 7.30. The molecule has 0 bridgehead atoms. The molecule has 2 aromatic rings. The predicted molar refractivity (Wildman–Crippen MR) is 83.1 cm³/mol. The largest absolute Gasteiger partial charge is 0.573 e. The molecule has 0 spiro atoms. The predicted octanol–water partition coefficient (Wildman–Crippen LogP) is 5.17. The quantitative estimate of drug-likeness (QED) is 0.636. The molecule has 0 fully saturated rings. The van der Waals surface area contributed by atoms with Crippen LogP contribution in [0.25, 0.3) is 0 Å². The van der Waals surface area contributed by atoms with E-state index in [9.17, 15) is 34.8 Å². The van der Waals surface area contributed by atoms with Crippen molar-refractivity contribution in [1.29, 1.82) is 0 Å². The first-order valence-electron chi connectivity index (χ1n) is 6.54. The van der Waals surface area contributed by atoms with E-state index >= 15 is 0 Å². The summed E-state index contributed by atoms with van der Waals surface area (Å²) in [5.74, 6) is -1.01. The van der Waals surface area contributed by atoms with Crippen LogP contribution in [0, 0.1) is 0 Å². The summed E-state index contributed by atoms with van der Waals surface area (Å²) in [6.07, 6.45) is -9.91. The first-order chi connectivity index (χ1) is 11.8. The summed E-state index contributed by atoms with van der Waals surface area (Å²) in [4.78, 5) is -0.881. The Hall–Kier alpha value is -1.95. The molecule has 0 heterocycles. The van der Waals surface area contributed by atoms with Crippen LogP contribution in [0.15, 0.2) is 51.8 Å². The Bertz CT molecular complexity index is 912. The third-order valence-corrected chi connectivity index (χ3v) is 5.00. The summed E-state index contributed by atoms with van der Waals surface area (Å²) in [6, 6.07) is 6.33. The van der Waals surface area contributed by atoms with Gasteiger partial charge in [0.25, 0.3) is 10.0 Å². The van der Waals surface area contributed by atoms with Crippen LogP contribution >= 0.6 is 15.9 Å². The highest BCUT2D eigenvalue weighted by molar-refractivity contribution is 9.10. The molecule has 0 saturated heterocycles. The highest BCUT2D eigenvalue weighted by atomic mass is 79.9. The molecule has 0 radical (unpaired) electrons. The molecule has 12 heteroatoms. The van der Waals surface area contributed by atoms with E-state index in [2.05, 4.69) is 20.7 Å². The molecule has 142 valence electrons. The van der Waals surface area contributed by atoms with Crippen molar-refractivity contribution in [3.8, 4) is 5.75 Å². The second-order valence-electron chi connectivity index (χ2n) is 4.79. The van der Waals surface area contributed by atoms with Crippen LogP contribution in [0.1, 0.15) is 5.56 Å². The van der Waals surface area contributed by atoms with Crippen LogP contribution in [0.4, 0.5) is 32.0 Å². The number of nitrogens with one attached hydrogen (secondary N) is 1. The fourth-order valence-electron chi connectivity index (χ4n) is 1.90. The van der Waals surface area contributed by atoms with Gasteiger partial charge in [-0.1, -0.05) is 28.1 Å². The topological polar surface area (TPSA) is 55.4 Å². The number of sulfonamides is 1. The van der Waals surface area contributed by atoms with Gasteiger partial charge in [0.05, 0.1) is 5.56 Å². The number of rotatable bonds is 4. The van der Waals surface area contributed by atoms with Crippen LogP contribution in [0.2, 0.25) is 0 Å². The summed E-state index contributed by atoms with van der Waals surface area (Å²) in [7, 11) is -4.65. The average Bonchev–Trinajstić information content (AvgIpc) is 2.46. The molecule has 2 rings (SSSR count). The number of halogens is 7. The maximum Gasteiger partial charge on any atom is 0.573 e. The second kappa shape index (κ2) is 6.99. The lowest BCUT2D eigenvalue weighted by atomic mass is 10.2. The zero-order valence-electron chi connectivity index (χ0n) is 12.3. The van der Waals surface area contributed by atoms with Gasteiger partial charge < -0.3 is 4.74 Å². The molecule has 1 N–H and O–H groups in total. The van der Waals surface area contributed by atoms with E-state index in [0.717, 1.165) is 36.4 Å². The maximum absolute atomic E-state index is 12.9.